The molecule has 24 heavy (non-hydrogen) atoms. The van der Waals surface area contributed by atoms with E-state index in [9.17, 15) is 0 Å². The number of hydrogen-bond donors (Lipinski definition) is 1. The number of ether oxygens (including phenoxy) is 1. The summed E-state index contributed by atoms with van der Waals surface area (Å²) in [5, 5.41) is 8.55. The Bertz CT molecular complexity index is 851. The average Bonchev–Trinajstić information content (AvgIpc) is 3.24. The SMILES string of the molecule is CC(C)Oc1cc2c(-c3ccnc(N4CCCC4)c3)n[nH]c2cn1. The van der Waals surface area contributed by atoms with Gasteiger partial charge in [-0.15, -0.1) is 0 Å². The molecule has 0 radical (unpaired) electrons. The van der Waals surface area contributed by atoms with Gasteiger partial charge >= 0.3 is 0 Å². The summed E-state index contributed by atoms with van der Waals surface area (Å²) in [4.78, 5) is 11.2. The van der Waals surface area contributed by atoms with Crippen molar-refractivity contribution in [1.82, 2.24) is 20.2 Å². The molecule has 3 aromatic heterocycles. The van der Waals surface area contributed by atoms with Crippen LogP contribution in [0.5, 0.6) is 5.88 Å². The van der Waals surface area contributed by atoms with Gasteiger partial charge in [0, 0.05) is 36.3 Å². The summed E-state index contributed by atoms with van der Waals surface area (Å²) in [6.07, 6.45) is 6.19. The monoisotopic (exact) mass is 323 g/mol. The van der Waals surface area contributed by atoms with Crippen LogP contribution in [0.25, 0.3) is 22.2 Å². The van der Waals surface area contributed by atoms with Gasteiger partial charge in [-0.25, -0.2) is 9.97 Å². The standard InChI is InChI=1S/C18H21N5O/c1-12(2)24-17-10-14-15(11-20-17)21-22-18(14)13-5-6-19-16(9-13)23-7-3-4-8-23/h5-6,9-12H,3-4,7-8H2,1-2H3,(H,21,22). The van der Waals surface area contributed by atoms with Crippen LogP contribution in [0.15, 0.2) is 30.6 Å². The number of aromatic amines is 1. The number of pyridine rings is 2. The maximum absolute atomic E-state index is 5.71. The predicted molar refractivity (Wildman–Crippen MR) is 94.3 cm³/mol. The summed E-state index contributed by atoms with van der Waals surface area (Å²) in [6.45, 7) is 6.14. The molecule has 0 aliphatic carbocycles. The van der Waals surface area contributed by atoms with Crippen LogP contribution in [0.2, 0.25) is 0 Å². The second-order valence-electron chi connectivity index (χ2n) is 6.40. The number of rotatable bonds is 4. The van der Waals surface area contributed by atoms with Crippen molar-refractivity contribution in [3.05, 3.63) is 30.6 Å². The first-order valence-electron chi connectivity index (χ1n) is 8.43. The Hall–Kier alpha value is -2.63. The predicted octanol–water partition coefficient (Wildman–Crippen LogP) is 3.41. The summed E-state index contributed by atoms with van der Waals surface area (Å²) >= 11 is 0. The molecule has 0 bridgehead atoms. The number of aromatic nitrogens is 4. The lowest BCUT2D eigenvalue weighted by molar-refractivity contribution is 0.233. The van der Waals surface area contributed by atoms with Gasteiger partial charge in [-0.1, -0.05) is 0 Å². The molecule has 4 rings (SSSR count). The molecule has 3 aromatic rings. The van der Waals surface area contributed by atoms with Crippen molar-refractivity contribution in [3.8, 4) is 17.1 Å². The molecular formula is C18H21N5O. The van der Waals surface area contributed by atoms with E-state index in [2.05, 4.69) is 31.1 Å². The number of H-pyrrole nitrogens is 1. The summed E-state index contributed by atoms with van der Waals surface area (Å²) in [5.74, 6) is 1.64. The molecule has 1 saturated heterocycles. The first-order chi connectivity index (χ1) is 11.7. The van der Waals surface area contributed by atoms with Gasteiger partial charge in [-0.3, -0.25) is 5.10 Å². The molecule has 0 saturated carbocycles. The molecular weight excluding hydrogens is 302 g/mol. The van der Waals surface area contributed by atoms with Crippen LogP contribution in [-0.2, 0) is 0 Å². The van der Waals surface area contributed by atoms with Gasteiger partial charge in [0.15, 0.2) is 0 Å². The normalized spacial score (nSPS) is 14.7. The van der Waals surface area contributed by atoms with Gasteiger partial charge < -0.3 is 9.64 Å². The maximum atomic E-state index is 5.71. The average molecular weight is 323 g/mol. The number of hydrogen-bond acceptors (Lipinski definition) is 5. The Morgan fingerprint density at radius 3 is 2.79 bits per heavy atom. The minimum Gasteiger partial charge on any atom is -0.475 e. The van der Waals surface area contributed by atoms with Crippen LogP contribution in [0.3, 0.4) is 0 Å². The smallest absolute Gasteiger partial charge is 0.214 e. The van der Waals surface area contributed by atoms with Gasteiger partial charge in [-0.2, -0.15) is 5.10 Å². The molecule has 1 aliphatic heterocycles. The van der Waals surface area contributed by atoms with E-state index in [-0.39, 0.29) is 6.10 Å². The minimum atomic E-state index is 0.0907. The fraction of sp³-hybridized carbons (Fsp3) is 0.389. The van der Waals surface area contributed by atoms with Crippen molar-refractivity contribution < 1.29 is 4.74 Å². The van der Waals surface area contributed by atoms with E-state index in [1.165, 1.54) is 12.8 Å². The maximum Gasteiger partial charge on any atom is 0.214 e. The molecule has 0 amide bonds. The van der Waals surface area contributed by atoms with Gasteiger partial charge in [0.05, 0.1) is 17.8 Å². The fourth-order valence-electron chi connectivity index (χ4n) is 3.11. The summed E-state index contributed by atoms with van der Waals surface area (Å²) in [7, 11) is 0. The fourth-order valence-corrected chi connectivity index (χ4v) is 3.11. The highest BCUT2D eigenvalue weighted by Crippen LogP contribution is 2.30. The zero-order valence-electron chi connectivity index (χ0n) is 14.0. The second-order valence-corrected chi connectivity index (χ2v) is 6.40. The van der Waals surface area contributed by atoms with E-state index < -0.39 is 0 Å². The quantitative estimate of drug-likeness (QED) is 0.797. The third-order valence-electron chi connectivity index (χ3n) is 4.23. The lowest BCUT2D eigenvalue weighted by Crippen LogP contribution is -2.18. The topological polar surface area (TPSA) is 66.9 Å². The molecule has 0 atom stereocenters. The zero-order valence-corrected chi connectivity index (χ0v) is 14.0. The van der Waals surface area contributed by atoms with Crippen molar-refractivity contribution >= 4 is 16.7 Å². The Labute approximate surface area is 140 Å². The molecule has 0 unspecified atom stereocenters. The Morgan fingerprint density at radius 2 is 2.00 bits per heavy atom. The first-order valence-corrected chi connectivity index (χ1v) is 8.43. The van der Waals surface area contributed by atoms with Crippen LogP contribution in [0, 0.1) is 0 Å². The van der Waals surface area contributed by atoms with E-state index >= 15 is 0 Å². The second kappa shape index (κ2) is 6.11. The van der Waals surface area contributed by atoms with E-state index in [1.807, 2.05) is 32.2 Å². The zero-order chi connectivity index (χ0) is 16.5. The van der Waals surface area contributed by atoms with Crippen molar-refractivity contribution in [2.24, 2.45) is 0 Å². The molecule has 0 spiro atoms. The molecule has 124 valence electrons. The largest absolute Gasteiger partial charge is 0.475 e. The van der Waals surface area contributed by atoms with Crippen LogP contribution in [0.4, 0.5) is 5.82 Å². The lowest BCUT2D eigenvalue weighted by Gasteiger charge is -2.16. The lowest BCUT2D eigenvalue weighted by atomic mass is 10.1. The highest BCUT2D eigenvalue weighted by Gasteiger charge is 2.16. The molecule has 1 fully saturated rings. The summed E-state index contributed by atoms with van der Waals surface area (Å²) in [6, 6.07) is 6.06. The van der Waals surface area contributed by atoms with Crippen molar-refractivity contribution in [3.63, 3.8) is 0 Å². The molecule has 6 nitrogen and oxygen atoms in total. The number of nitrogens with one attached hydrogen (secondary N) is 1. The third kappa shape index (κ3) is 2.79. The van der Waals surface area contributed by atoms with E-state index in [1.54, 1.807) is 6.20 Å². The summed E-state index contributed by atoms with van der Waals surface area (Å²) in [5.41, 5.74) is 2.87. The molecule has 1 aliphatic rings. The first kappa shape index (κ1) is 14.9. The Balaban J connectivity index is 1.74. The molecule has 0 aromatic carbocycles. The van der Waals surface area contributed by atoms with Gasteiger partial charge in [0.2, 0.25) is 5.88 Å². The van der Waals surface area contributed by atoms with Crippen molar-refractivity contribution in [2.45, 2.75) is 32.8 Å². The van der Waals surface area contributed by atoms with Crippen LogP contribution in [-0.4, -0.2) is 39.4 Å². The van der Waals surface area contributed by atoms with E-state index in [4.69, 9.17) is 4.74 Å². The van der Waals surface area contributed by atoms with E-state index in [0.29, 0.717) is 5.88 Å². The Morgan fingerprint density at radius 1 is 1.17 bits per heavy atom. The van der Waals surface area contributed by atoms with Crippen LogP contribution in [0.1, 0.15) is 26.7 Å². The van der Waals surface area contributed by atoms with Crippen molar-refractivity contribution in [2.75, 3.05) is 18.0 Å². The van der Waals surface area contributed by atoms with Gasteiger partial charge in [-0.05, 0) is 38.8 Å². The Kier molecular flexibility index (Phi) is 3.80. The van der Waals surface area contributed by atoms with Gasteiger partial charge in [0.25, 0.3) is 0 Å². The molecule has 6 heteroatoms. The number of anilines is 1. The van der Waals surface area contributed by atoms with Crippen LogP contribution < -0.4 is 9.64 Å². The highest BCUT2D eigenvalue weighted by molar-refractivity contribution is 5.93. The molecule has 1 N–H and O–H groups in total. The minimum absolute atomic E-state index is 0.0907. The van der Waals surface area contributed by atoms with Crippen LogP contribution >= 0.6 is 0 Å². The number of fused-ring (bicyclic) bond motifs is 1. The number of nitrogens with zero attached hydrogens (tertiary/aromatic N) is 4. The third-order valence-corrected chi connectivity index (χ3v) is 4.23. The van der Waals surface area contributed by atoms with E-state index in [0.717, 1.165) is 41.1 Å². The van der Waals surface area contributed by atoms with Gasteiger partial charge in [0.1, 0.15) is 11.5 Å². The molecule has 4 heterocycles. The van der Waals surface area contributed by atoms with Crippen molar-refractivity contribution in [1.29, 1.82) is 0 Å². The summed E-state index contributed by atoms with van der Waals surface area (Å²) < 4.78 is 5.71. The highest BCUT2D eigenvalue weighted by atomic mass is 16.5.